The van der Waals surface area contributed by atoms with E-state index in [2.05, 4.69) is 26.8 Å². The Labute approximate surface area is 156 Å². The molecular weight excluding hydrogens is 328 g/mol. The molecule has 4 nitrogen and oxygen atoms in total. The van der Waals surface area contributed by atoms with Crippen LogP contribution in [0.15, 0.2) is 12.2 Å². The summed E-state index contributed by atoms with van der Waals surface area (Å²) in [5.74, 6) is 0.570. The van der Waals surface area contributed by atoms with E-state index in [-0.39, 0.29) is 46.6 Å². The highest BCUT2D eigenvalue weighted by Gasteiger charge is 2.68. The predicted molar refractivity (Wildman–Crippen MR) is 98.2 cm³/mol. The van der Waals surface area contributed by atoms with Crippen LogP contribution in [0.25, 0.3) is 0 Å². The zero-order valence-corrected chi connectivity index (χ0v) is 16.5. The van der Waals surface area contributed by atoms with Crippen molar-refractivity contribution in [2.24, 2.45) is 33.5 Å². The first-order chi connectivity index (χ1) is 12.1. The third-order valence-corrected chi connectivity index (χ3v) is 8.70. The molecule has 144 valence electrons. The summed E-state index contributed by atoms with van der Waals surface area (Å²) in [6.07, 6.45) is 9.43. The van der Waals surface area contributed by atoms with E-state index in [4.69, 9.17) is 4.74 Å². The zero-order chi connectivity index (χ0) is 19.0. The van der Waals surface area contributed by atoms with E-state index in [1.807, 2.05) is 6.08 Å². The molecule has 0 aromatic carbocycles. The second kappa shape index (κ2) is 5.43. The quantitative estimate of drug-likeness (QED) is 0.603. The maximum atomic E-state index is 13.0. The Morgan fingerprint density at radius 3 is 2.58 bits per heavy atom. The summed E-state index contributed by atoms with van der Waals surface area (Å²) in [6.45, 7) is 8.37. The van der Waals surface area contributed by atoms with E-state index >= 15 is 0 Å². The minimum Gasteiger partial charge on any atom is -0.462 e. The second-order valence-electron chi connectivity index (χ2n) is 10.3. The minimum atomic E-state index is -0.666. The number of allylic oxidation sites excluding steroid dienone is 1. The highest BCUT2D eigenvalue weighted by Crippen LogP contribution is 2.71. The average molecular weight is 360 g/mol. The van der Waals surface area contributed by atoms with Crippen LogP contribution >= 0.6 is 0 Å². The van der Waals surface area contributed by atoms with Gasteiger partial charge in [0.15, 0.2) is 0 Å². The Hall–Kier alpha value is -1.16. The molecule has 4 aliphatic rings. The number of ether oxygens (including phenoxy) is 1. The number of hydrogen-bond donors (Lipinski definition) is 1. The van der Waals surface area contributed by atoms with Crippen LogP contribution in [0, 0.1) is 33.5 Å². The van der Waals surface area contributed by atoms with Crippen LogP contribution in [0.3, 0.4) is 0 Å². The average Bonchev–Trinajstić information content (AvgIpc) is 2.89. The third-order valence-electron chi connectivity index (χ3n) is 8.70. The van der Waals surface area contributed by atoms with Crippen molar-refractivity contribution in [1.29, 1.82) is 0 Å². The molecule has 0 saturated heterocycles. The van der Waals surface area contributed by atoms with E-state index in [9.17, 15) is 14.7 Å². The minimum absolute atomic E-state index is 0.0340. The van der Waals surface area contributed by atoms with Crippen LogP contribution in [0.1, 0.15) is 66.2 Å². The Morgan fingerprint density at radius 2 is 1.92 bits per heavy atom. The van der Waals surface area contributed by atoms with E-state index < -0.39 is 5.41 Å². The number of fused-ring (bicyclic) bond motifs is 3. The van der Waals surface area contributed by atoms with Gasteiger partial charge < -0.3 is 9.84 Å². The Bertz CT molecular complexity index is 680. The fourth-order valence-electron chi connectivity index (χ4n) is 7.46. The van der Waals surface area contributed by atoms with Crippen LogP contribution < -0.4 is 0 Å². The molecular formula is C22H32O4. The van der Waals surface area contributed by atoms with Crippen LogP contribution in [-0.2, 0) is 14.3 Å². The Morgan fingerprint density at radius 1 is 1.19 bits per heavy atom. The van der Waals surface area contributed by atoms with Crippen molar-refractivity contribution in [1.82, 2.24) is 0 Å². The number of esters is 1. The Balaban J connectivity index is 1.80. The highest BCUT2D eigenvalue weighted by molar-refractivity contribution is 5.89. The largest absolute Gasteiger partial charge is 0.462 e. The van der Waals surface area contributed by atoms with Crippen LogP contribution in [0.2, 0.25) is 0 Å². The van der Waals surface area contributed by atoms with Gasteiger partial charge >= 0.3 is 5.97 Å². The summed E-state index contributed by atoms with van der Waals surface area (Å²) < 4.78 is 5.87. The van der Waals surface area contributed by atoms with Crippen molar-refractivity contribution in [3.05, 3.63) is 12.2 Å². The first-order valence-corrected chi connectivity index (χ1v) is 10.1. The van der Waals surface area contributed by atoms with Gasteiger partial charge in [0.05, 0.1) is 12.0 Å². The molecule has 0 amide bonds. The first-order valence-electron chi connectivity index (χ1n) is 10.1. The summed E-state index contributed by atoms with van der Waals surface area (Å²) in [5.41, 5.74) is -0.712. The van der Waals surface area contributed by atoms with Gasteiger partial charge in [-0.2, -0.15) is 0 Å². The van der Waals surface area contributed by atoms with Crippen molar-refractivity contribution in [2.75, 3.05) is 6.61 Å². The lowest BCUT2D eigenvalue weighted by atomic mass is 9.39. The van der Waals surface area contributed by atoms with Crippen LogP contribution in [-0.4, -0.2) is 29.6 Å². The molecule has 3 fully saturated rings. The monoisotopic (exact) mass is 360 g/mol. The lowest BCUT2D eigenvalue weighted by molar-refractivity contribution is -0.211. The fourth-order valence-corrected chi connectivity index (χ4v) is 7.46. The lowest BCUT2D eigenvalue weighted by Crippen LogP contribution is -2.63. The summed E-state index contributed by atoms with van der Waals surface area (Å²) in [6, 6.07) is 0. The van der Waals surface area contributed by atoms with Crippen molar-refractivity contribution in [2.45, 2.75) is 72.3 Å². The number of hydrogen-bond acceptors (Lipinski definition) is 4. The molecule has 1 spiro atoms. The van der Waals surface area contributed by atoms with Crippen molar-refractivity contribution >= 4 is 11.8 Å². The van der Waals surface area contributed by atoms with Gasteiger partial charge in [-0.25, -0.2) is 0 Å². The fraction of sp³-hybridized carbons (Fsp3) is 0.818. The topological polar surface area (TPSA) is 63.6 Å². The molecule has 3 saturated carbocycles. The van der Waals surface area contributed by atoms with Crippen molar-refractivity contribution in [3.63, 3.8) is 0 Å². The van der Waals surface area contributed by atoms with Gasteiger partial charge in [-0.1, -0.05) is 32.9 Å². The number of aliphatic hydroxyl groups is 1. The number of aliphatic hydroxyl groups excluding tert-OH is 1. The Kier molecular flexibility index (Phi) is 3.81. The van der Waals surface area contributed by atoms with Gasteiger partial charge in [-0.15, -0.1) is 0 Å². The third kappa shape index (κ3) is 2.17. The summed E-state index contributed by atoms with van der Waals surface area (Å²) >= 11 is 0. The SMILES string of the molecule is CC(=O)O[C@H]1CCC(C)(C)[C@H]2CC[C@]34C=C[C@](CO)(C3)C(=O)C[C@H]4[C@]12C. The lowest BCUT2D eigenvalue weighted by Gasteiger charge is -2.65. The molecule has 0 unspecified atom stereocenters. The maximum absolute atomic E-state index is 13.0. The van der Waals surface area contributed by atoms with Gasteiger partial charge in [0.2, 0.25) is 0 Å². The maximum Gasteiger partial charge on any atom is 0.302 e. The summed E-state index contributed by atoms with van der Waals surface area (Å²) in [4.78, 5) is 24.9. The van der Waals surface area contributed by atoms with Gasteiger partial charge in [0, 0.05) is 18.8 Å². The molecule has 0 aromatic rings. The molecule has 0 radical (unpaired) electrons. The predicted octanol–water partition coefficient (Wildman–Crippen LogP) is 3.67. The molecule has 6 atom stereocenters. The second-order valence-corrected chi connectivity index (χ2v) is 10.3. The molecule has 0 heterocycles. The number of carbonyl (C=O) groups excluding carboxylic acids is 2. The molecule has 4 rings (SSSR count). The number of rotatable bonds is 2. The highest BCUT2D eigenvalue weighted by atomic mass is 16.5. The van der Waals surface area contributed by atoms with Gasteiger partial charge in [-0.05, 0) is 54.8 Å². The molecule has 0 aliphatic heterocycles. The van der Waals surface area contributed by atoms with Gasteiger partial charge in [0.1, 0.15) is 11.9 Å². The number of Topliss-reactive ketones (excluding diaryl/α,β-unsaturated/α-hetero) is 1. The van der Waals surface area contributed by atoms with Crippen LogP contribution in [0.4, 0.5) is 0 Å². The smallest absolute Gasteiger partial charge is 0.302 e. The zero-order valence-electron chi connectivity index (χ0n) is 16.5. The van der Waals surface area contributed by atoms with Gasteiger partial charge in [0.25, 0.3) is 0 Å². The van der Waals surface area contributed by atoms with Crippen molar-refractivity contribution < 1.29 is 19.4 Å². The number of ketones is 1. The van der Waals surface area contributed by atoms with Crippen molar-refractivity contribution in [3.8, 4) is 0 Å². The van der Waals surface area contributed by atoms with E-state index in [0.29, 0.717) is 12.3 Å². The first kappa shape index (κ1) is 18.2. The molecule has 2 bridgehead atoms. The van der Waals surface area contributed by atoms with Crippen LogP contribution in [0.5, 0.6) is 0 Å². The van der Waals surface area contributed by atoms with E-state index in [0.717, 1.165) is 32.1 Å². The standard InChI is InChI=1S/C22H32O4/c1-14(24)26-18-6-7-19(2,3)15-5-8-21-9-10-22(12-21,13-23)17(25)11-16(21)20(15,18)4/h9-10,15-16,18,23H,5-8,11-13H2,1-4H3/t15-,16+,18+,20-,21+,22-/m1/s1. The molecule has 4 aliphatic carbocycles. The molecule has 26 heavy (non-hydrogen) atoms. The molecule has 4 heteroatoms. The molecule has 1 N–H and O–H groups in total. The molecule has 0 aromatic heterocycles. The summed E-state index contributed by atoms with van der Waals surface area (Å²) in [5, 5.41) is 9.93. The van der Waals surface area contributed by atoms with E-state index in [1.165, 1.54) is 6.92 Å². The van der Waals surface area contributed by atoms with E-state index in [1.54, 1.807) is 0 Å². The van der Waals surface area contributed by atoms with Gasteiger partial charge in [-0.3, -0.25) is 9.59 Å². The number of carbonyl (C=O) groups is 2. The summed E-state index contributed by atoms with van der Waals surface area (Å²) in [7, 11) is 0. The normalized spacial score (nSPS) is 48.7.